The van der Waals surface area contributed by atoms with Crippen LogP contribution in [0.4, 0.5) is 10.2 Å². The van der Waals surface area contributed by atoms with Crippen molar-refractivity contribution in [2.24, 2.45) is 0 Å². The van der Waals surface area contributed by atoms with Gasteiger partial charge in [0.2, 0.25) is 0 Å². The number of halogens is 1. The second-order valence-corrected chi connectivity index (χ2v) is 17.3. The number of hydrogen-bond donors (Lipinski definition) is 1. The van der Waals surface area contributed by atoms with Crippen molar-refractivity contribution >= 4 is 31.2 Å². The van der Waals surface area contributed by atoms with Crippen LogP contribution in [0, 0.1) is 11.3 Å². The van der Waals surface area contributed by atoms with Crippen molar-refractivity contribution in [3.05, 3.63) is 166 Å². The summed E-state index contributed by atoms with van der Waals surface area (Å²) in [6.07, 6.45) is -5.96. The zero-order valence-corrected chi connectivity index (χ0v) is 38.1. The molecule has 65 heavy (non-hydrogen) atoms. The van der Waals surface area contributed by atoms with Gasteiger partial charge in [-0.3, -0.25) is 9.36 Å². The van der Waals surface area contributed by atoms with Gasteiger partial charge in [0.05, 0.1) is 45.4 Å². The number of methoxy groups -OCH3 is 2. The first-order chi connectivity index (χ1) is 31.5. The topological polar surface area (TPSA) is 146 Å². The molecule has 1 amide bonds. The van der Waals surface area contributed by atoms with Crippen LogP contribution in [0.25, 0.3) is 10.9 Å². The van der Waals surface area contributed by atoms with E-state index in [0.717, 1.165) is 21.3 Å². The number of carbonyl (C=O) groups is 1. The maximum atomic E-state index is 17.9. The van der Waals surface area contributed by atoms with Crippen LogP contribution in [0.5, 0.6) is 11.5 Å². The Kier molecular flexibility index (Phi) is 15.4. The van der Waals surface area contributed by atoms with Crippen molar-refractivity contribution in [2.75, 3.05) is 32.8 Å². The maximum Gasteiger partial charge on any atom is 0.352 e. The predicted molar refractivity (Wildman–Crippen MR) is 248 cm³/mol. The monoisotopic (exact) mass is 901 g/mol. The fraction of sp³-hybridized carbons (Fsp3) is 0.320. The molecular formula is C50H53FN5O8P. The number of anilines is 1. The molecule has 13 nitrogen and oxygen atoms in total. The number of alkyl halides is 1. The Balaban J connectivity index is 1.35. The zero-order valence-electron chi connectivity index (χ0n) is 37.2. The van der Waals surface area contributed by atoms with Gasteiger partial charge in [0.15, 0.2) is 12.4 Å². The molecule has 0 aliphatic carbocycles. The van der Waals surface area contributed by atoms with Crippen LogP contribution < -0.4 is 20.5 Å². The van der Waals surface area contributed by atoms with Gasteiger partial charge in [-0.2, -0.15) is 10.2 Å². The first kappa shape index (κ1) is 46.9. The van der Waals surface area contributed by atoms with Gasteiger partial charge in [-0.15, -0.1) is 0 Å². The molecule has 1 fully saturated rings. The van der Waals surface area contributed by atoms with Crippen LogP contribution in [-0.4, -0.2) is 78.0 Å². The van der Waals surface area contributed by atoms with Crippen LogP contribution >= 0.6 is 8.53 Å². The molecule has 0 saturated carbocycles. The molecule has 1 unspecified atom stereocenters. The van der Waals surface area contributed by atoms with Gasteiger partial charge in [-0.05, 0) is 92.9 Å². The van der Waals surface area contributed by atoms with Crippen molar-refractivity contribution in [3.8, 4) is 17.6 Å². The smallest absolute Gasteiger partial charge is 0.352 e. The van der Waals surface area contributed by atoms with E-state index < -0.39 is 50.3 Å². The summed E-state index contributed by atoms with van der Waals surface area (Å²) >= 11 is 0. The molecule has 5 aromatic carbocycles. The van der Waals surface area contributed by atoms with Crippen LogP contribution in [0.2, 0.25) is 0 Å². The Hall–Kier alpha value is -6.04. The van der Waals surface area contributed by atoms with Crippen molar-refractivity contribution < 1.29 is 37.2 Å². The summed E-state index contributed by atoms with van der Waals surface area (Å²) < 4.78 is 59.2. The number of rotatable bonds is 19. The summed E-state index contributed by atoms with van der Waals surface area (Å²) in [5, 5.41) is 12.6. The zero-order chi connectivity index (χ0) is 46.1. The average molecular weight is 902 g/mol. The first-order valence-corrected chi connectivity index (χ1v) is 22.5. The summed E-state index contributed by atoms with van der Waals surface area (Å²) in [6.45, 7) is 7.75. The minimum atomic E-state index is -2.00. The van der Waals surface area contributed by atoms with Crippen molar-refractivity contribution in [2.45, 2.75) is 76.4 Å². The van der Waals surface area contributed by atoms with Crippen molar-refractivity contribution in [1.29, 1.82) is 5.26 Å². The molecule has 7 rings (SSSR count). The molecule has 1 saturated heterocycles. The molecular weight excluding hydrogens is 849 g/mol. The summed E-state index contributed by atoms with van der Waals surface area (Å²) in [5.41, 5.74) is 0.737. The molecule has 1 aliphatic rings. The van der Waals surface area contributed by atoms with Crippen LogP contribution in [0.3, 0.4) is 0 Å². The number of hydrogen-bond acceptors (Lipinski definition) is 11. The van der Waals surface area contributed by atoms with E-state index in [1.54, 1.807) is 68.8 Å². The second-order valence-electron chi connectivity index (χ2n) is 15.9. The molecule has 1 N–H and O–H groups in total. The fourth-order valence-corrected chi connectivity index (χ4v) is 9.91. The van der Waals surface area contributed by atoms with E-state index in [0.29, 0.717) is 22.4 Å². The van der Waals surface area contributed by atoms with Crippen molar-refractivity contribution in [1.82, 2.24) is 14.2 Å². The number of nitrogens with one attached hydrogen (secondary N) is 1. The molecule has 6 aromatic rings. The highest BCUT2D eigenvalue weighted by atomic mass is 31.2. The SMILES string of the molecule is COc1ccc(C(OC[C@H]2O[C@@H](n3c(=O)nc(NC(=O)c4ccccc4)c4ccccc43)[C@H](F)[C@@H]2OP(OCCC#N)N(C(C)C)C(C)C)(c2ccccc2)c2ccc(OC)cc2)cc1. The fourth-order valence-electron chi connectivity index (χ4n) is 8.15. The van der Waals surface area contributed by atoms with E-state index in [1.165, 1.54) is 0 Å². The van der Waals surface area contributed by atoms with Crippen molar-refractivity contribution in [3.63, 3.8) is 0 Å². The highest BCUT2D eigenvalue weighted by Crippen LogP contribution is 2.51. The van der Waals surface area contributed by atoms with Gasteiger partial charge < -0.3 is 33.3 Å². The standard InChI is InChI=1S/C50H53FN5O8P/c1-33(2)56(34(3)4)65(62-31-15-30-52)64-45-43(32-61-50(36-18-11-8-12-19-36,37-22-26-39(59-5)27-23-37)38-24-28-40(60-6)29-25-38)63-48(44(45)51)55-42-21-14-13-20-41(42)46(54-49(55)58)53-47(57)35-16-9-7-10-17-35/h7-14,16-29,33-34,43-45,48H,15,31-32H2,1-6H3,(H,53,54,57,58)/t43-,44-,45-,48-,65?/m1/s1. The molecule has 15 heteroatoms. The highest BCUT2D eigenvalue weighted by molar-refractivity contribution is 7.44. The molecule has 2 heterocycles. The number of fused-ring (bicyclic) bond motifs is 1. The van der Waals surface area contributed by atoms with E-state index in [2.05, 4.69) is 16.4 Å². The first-order valence-electron chi connectivity index (χ1n) is 21.4. The number of para-hydroxylation sites is 1. The van der Waals surface area contributed by atoms with Gasteiger partial charge in [-0.1, -0.05) is 84.9 Å². The van der Waals surface area contributed by atoms with E-state index in [1.807, 2.05) is 111 Å². The maximum absolute atomic E-state index is 17.9. The molecule has 0 bridgehead atoms. The predicted octanol–water partition coefficient (Wildman–Crippen LogP) is 9.57. The van der Waals surface area contributed by atoms with E-state index >= 15 is 4.39 Å². The van der Waals surface area contributed by atoms with Gasteiger partial charge in [0.25, 0.3) is 14.4 Å². The lowest BCUT2D eigenvalue weighted by Crippen LogP contribution is -2.41. The lowest BCUT2D eigenvalue weighted by Gasteiger charge is -2.39. The summed E-state index contributed by atoms with van der Waals surface area (Å²) in [4.78, 5) is 31.9. The summed E-state index contributed by atoms with van der Waals surface area (Å²) in [6, 6.07) is 42.0. The third-order valence-electron chi connectivity index (χ3n) is 11.1. The van der Waals surface area contributed by atoms with Gasteiger partial charge in [0.1, 0.15) is 35.1 Å². The van der Waals surface area contributed by atoms with Gasteiger partial charge in [-0.25, -0.2) is 13.9 Å². The summed E-state index contributed by atoms with van der Waals surface area (Å²) in [5.74, 6) is 0.833. The number of carbonyl (C=O) groups excluding carboxylic acids is 1. The van der Waals surface area contributed by atoms with Gasteiger partial charge in [0, 0.05) is 23.0 Å². The van der Waals surface area contributed by atoms with Crippen LogP contribution in [0.1, 0.15) is 67.4 Å². The van der Waals surface area contributed by atoms with Gasteiger partial charge >= 0.3 is 5.69 Å². The molecule has 0 radical (unpaired) electrons. The van der Waals surface area contributed by atoms with Crippen LogP contribution in [0.15, 0.2) is 138 Å². The second kappa shape index (κ2) is 21.3. The van der Waals surface area contributed by atoms with Crippen LogP contribution in [-0.2, 0) is 24.1 Å². The minimum Gasteiger partial charge on any atom is -0.497 e. The Morgan fingerprint density at radius 3 is 1.97 bits per heavy atom. The van der Waals surface area contributed by atoms with E-state index in [-0.39, 0.29) is 43.1 Å². The minimum absolute atomic E-state index is 0.0161. The molecule has 1 aliphatic heterocycles. The van der Waals surface area contributed by atoms with E-state index in [4.69, 9.17) is 28.0 Å². The molecule has 338 valence electrons. The number of amides is 1. The highest BCUT2D eigenvalue weighted by Gasteiger charge is 2.52. The number of aromatic nitrogens is 2. The quantitative estimate of drug-likeness (QED) is 0.0471. The molecule has 1 aromatic heterocycles. The lowest BCUT2D eigenvalue weighted by molar-refractivity contribution is -0.0925. The van der Waals surface area contributed by atoms with E-state index in [9.17, 15) is 14.9 Å². The largest absolute Gasteiger partial charge is 0.497 e. The Morgan fingerprint density at radius 1 is 0.846 bits per heavy atom. The third kappa shape index (κ3) is 10.1. The number of ether oxygens (including phenoxy) is 4. The lowest BCUT2D eigenvalue weighted by atomic mass is 9.80. The normalized spacial score (nSPS) is 17.9. The number of nitrogens with zero attached hydrogens (tertiary/aromatic N) is 4. The average Bonchev–Trinajstić information content (AvgIpc) is 3.62. The molecule has 0 spiro atoms. The third-order valence-corrected chi connectivity index (χ3v) is 13.3. The molecule has 5 atom stereocenters. The number of benzene rings is 5. The number of nitriles is 1. The summed E-state index contributed by atoms with van der Waals surface area (Å²) in [7, 11) is 1.19. The Labute approximate surface area is 379 Å². The Bertz CT molecular complexity index is 2560. The Morgan fingerprint density at radius 2 is 1.40 bits per heavy atom.